The average molecular weight is 276 g/mol. The van der Waals surface area contributed by atoms with E-state index in [9.17, 15) is 4.79 Å². The highest BCUT2D eigenvalue weighted by Gasteiger charge is 2.18. The van der Waals surface area contributed by atoms with E-state index in [1.165, 1.54) is 0 Å². The Hall–Kier alpha value is -2.95. The van der Waals surface area contributed by atoms with Gasteiger partial charge in [0.25, 0.3) is 5.91 Å². The molecule has 4 aromatic rings. The van der Waals surface area contributed by atoms with Crippen molar-refractivity contribution < 1.29 is 4.79 Å². The van der Waals surface area contributed by atoms with Crippen molar-refractivity contribution in [1.29, 1.82) is 0 Å². The number of hydrogen-bond donors (Lipinski definition) is 1. The zero-order chi connectivity index (χ0) is 14.6. The van der Waals surface area contributed by atoms with E-state index in [0.29, 0.717) is 5.56 Å². The summed E-state index contributed by atoms with van der Waals surface area (Å²) < 4.78 is 1.90. The number of imidazole rings is 1. The number of rotatable bonds is 1. The molecule has 0 aliphatic heterocycles. The maximum Gasteiger partial charge on any atom is 0.251 e. The van der Waals surface area contributed by atoms with Crippen LogP contribution in [0, 0.1) is 6.92 Å². The second-order valence-corrected chi connectivity index (χ2v) is 4.99. The van der Waals surface area contributed by atoms with Crippen LogP contribution in [0.2, 0.25) is 0 Å². The molecular weight excluding hydrogens is 264 g/mol. The summed E-state index contributed by atoms with van der Waals surface area (Å²) in [5, 5.41) is 1.72. The second kappa shape index (κ2) is 4.02. The number of aromatic nitrogens is 3. The predicted molar refractivity (Wildman–Crippen MR) is 81.3 cm³/mol. The highest BCUT2D eigenvalue weighted by Crippen LogP contribution is 2.28. The van der Waals surface area contributed by atoms with Gasteiger partial charge in [0, 0.05) is 17.3 Å². The van der Waals surface area contributed by atoms with E-state index in [-0.39, 0.29) is 0 Å². The number of carbonyl (C=O) groups is 1. The van der Waals surface area contributed by atoms with Crippen LogP contribution in [0.5, 0.6) is 0 Å². The Balaban J connectivity index is 2.39. The molecule has 3 heterocycles. The molecule has 3 aromatic heterocycles. The van der Waals surface area contributed by atoms with Gasteiger partial charge in [-0.1, -0.05) is 24.3 Å². The zero-order valence-electron chi connectivity index (χ0n) is 11.4. The largest absolute Gasteiger partial charge is 0.366 e. The van der Waals surface area contributed by atoms with Crippen molar-refractivity contribution in [2.45, 2.75) is 6.92 Å². The SMILES string of the molecule is Cc1c(C(N)=O)c2ccccc2c2nc3cccnc3n12. The van der Waals surface area contributed by atoms with Crippen molar-refractivity contribution in [2.75, 3.05) is 0 Å². The standard InChI is InChI=1S/C16H12N4O/c1-9-13(14(17)21)10-5-2-3-6-11(10)15-19-12-7-4-8-18-16(12)20(9)15/h2-8H,1H3,(H2,17,21). The summed E-state index contributed by atoms with van der Waals surface area (Å²) in [4.78, 5) is 20.9. The minimum Gasteiger partial charge on any atom is -0.366 e. The van der Waals surface area contributed by atoms with Crippen molar-refractivity contribution in [3.63, 3.8) is 0 Å². The summed E-state index contributed by atoms with van der Waals surface area (Å²) in [5.41, 5.74) is 9.20. The van der Waals surface area contributed by atoms with Crippen LogP contribution in [0.1, 0.15) is 16.1 Å². The lowest BCUT2D eigenvalue weighted by molar-refractivity contribution is 0.100. The normalized spacial score (nSPS) is 11.5. The van der Waals surface area contributed by atoms with E-state index in [0.717, 1.165) is 33.3 Å². The number of nitrogens with zero attached hydrogens (tertiary/aromatic N) is 3. The Bertz CT molecular complexity index is 1030. The first-order valence-corrected chi connectivity index (χ1v) is 6.63. The minimum absolute atomic E-state index is 0.441. The fraction of sp³-hybridized carbons (Fsp3) is 0.0625. The minimum atomic E-state index is -0.441. The lowest BCUT2D eigenvalue weighted by Crippen LogP contribution is -2.15. The molecule has 0 saturated heterocycles. The van der Waals surface area contributed by atoms with Crippen LogP contribution >= 0.6 is 0 Å². The summed E-state index contributed by atoms with van der Waals surface area (Å²) in [5.74, 6) is -0.441. The van der Waals surface area contributed by atoms with E-state index in [4.69, 9.17) is 5.73 Å². The first kappa shape index (κ1) is 11.8. The number of primary amides is 1. The maximum absolute atomic E-state index is 11.9. The van der Waals surface area contributed by atoms with Crippen molar-refractivity contribution in [3.05, 3.63) is 53.9 Å². The van der Waals surface area contributed by atoms with Gasteiger partial charge in [-0.25, -0.2) is 9.97 Å². The number of hydrogen-bond acceptors (Lipinski definition) is 3. The predicted octanol–water partition coefficient (Wildman–Crippen LogP) is 2.44. The molecule has 0 aliphatic carbocycles. The summed E-state index contributed by atoms with van der Waals surface area (Å²) in [6.07, 6.45) is 1.72. The molecule has 102 valence electrons. The Morgan fingerprint density at radius 1 is 1.10 bits per heavy atom. The number of carbonyl (C=O) groups excluding carboxylic acids is 1. The molecule has 4 rings (SSSR count). The summed E-state index contributed by atoms with van der Waals surface area (Å²) >= 11 is 0. The van der Waals surface area contributed by atoms with Crippen LogP contribution in [0.3, 0.4) is 0 Å². The van der Waals surface area contributed by atoms with E-state index >= 15 is 0 Å². The molecule has 0 unspecified atom stereocenters. The third-order valence-corrected chi connectivity index (χ3v) is 3.80. The lowest BCUT2D eigenvalue weighted by Gasteiger charge is -2.10. The zero-order valence-corrected chi connectivity index (χ0v) is 11.4. The highest BCUT2D eigenvalue weighted by atomic mass is 16.1. The van der Waals surface area contributed by atoms with Gasteiger partial charge in [0.05, 0.1) is 5.56 Å². The first-order chi connectivity index (χ1) is 10.2. The molecule has 21 heavy (non-hydrogen) atoms. The van der Waals surface area contributed by atoms with Crippen molar-refractivity contribution in [2.24, 2.45) is 5.73 Å². The first-order valence-electron chi connectivity index (χ1n) is 6.63. The molecule has 0 saturated carbocycles. The van der Waals surface area contributed by atoms with Gasteiger partial charge in [-0.15, -0.1) is 0 Å². The third kappa shape index (κ3) is 1.48. The number of pyridine rings is 2. The fourth-order valence-electron chi connectivity index (χ4n) is 2.92. The topological polar surface area (TPSA) is 73.3 Å². The molecule has 1 aromatic carbocycles. The molecule has 2 N–H and O–H groups in total. The van der Waals surface area contributed by atoms with E-state index in [1.807, 2.05) is 47.7 Å². The van der Waals surface area contributed by atoms with Gasteiger partial charge in [-0.3, -0.25) is 9.20 Å². The molecular formula is C16H12N4O. The molecule has 5 nitrogen and oxygen atoms in total. The molecule has 0 bridgehead atoms. The average Bonchev–Trinajstić information content (AvgIpc) is 2.87. The number of fused-ring (bicyclic) bond motifs is 5. The second-order valence-electron chi connectivity index (χ2n) is 4.99. The van der Waals surface area contributed by atoms with Crippen LogP contribution in [-0.2, 0) is 0 Å². The van der Waals surface area contributed by atoms with Gasteiger partial charge in [0.1, 0.15) is 11.2 Å². The number of nitrogens with two attached hydrogens (primary N) is 1. The van der Waals surface area contributed by atoms with Crippen LogP contribution < -0.4 is 5.73 Å². The van der Waals surface area contributed by atoms with Gasteiger partial charge in [-0.2, -0.15) is 0 Å². The molecule has 0 fully saturated rings. The van der Waals surface area contributed by atoms with Crippen molar-refractivity contribution in [3.8, 4) is 0 Å². The Labute approximate surface area is 120 Å². The van der Waals surface area contributed by atoms with Crippen LogP contribution in [0.15, 0.2) is 42.6 Å². The van der Waals surface area contributed by atoms with Crippen molar-refractivity contribution in [1.82, 2.24) is 14.4 Å². The van der Waals surface area contributed by atoms with E-state index < -0.39 is 5.91 Å². The summed E-state index contributed by atoms with van der Waals surface area (Å²) in [6.45, 7) is 1.87. The highest BCUT2D eigenvalue weighted by molar-refractivity contribution is 6.11. The smallest absolute Gasteiger partial charge is 0.251 e. The van der Waals surface area contributed by atoms with Crippen LogP contribution in [-0.4, -0.2) is 20.3 Å². The maximum atomic E-state index is 11.9. The lowest BCUT2D eigenvalue weighted by atomic mass is 10.0. The van der Waals surface area contributed by atoms with Crippen LogP contribution in [0.25, 0.3) is 27.6 Å². The molecule has 1 amide bonds. The molecule has 0 radical (unpaired) electrons. The molecule has 0 spiro atoms. The van der Waals surface area contributed by atoms with Crippen molar-refractivity contribution >= 4 is 33.5 Å². The Morgan fingerprint density at radius 3 is 2.62 bits per heavy atom. The quantitative estimate of drug-likeness (QED) is 0.580. The summed E-state index contributed by atoms with van der Waals surface area (Å²) in [7, 11) is 0. The fourth-order valence-corrected chi connectivity index (χ4v) is 2.92. The number of benzene rings is 1. The Kier molecular flexibility index (Phi) is 2.27. The molecule has 0 atom stereocenters. The van der Waals surface area contributed by atoms with Gasteiger partial charge < -0.3 is 5.73 Å². The van der Waals surface area contributed by atoms with Gasteiger partial charge in [0.2, 0.25) is 0 Å². The number of amides is 1. The van der Waals surface area contributed by atoms with Gasteiger partial charge in [0.15, 0.2) is 5.65 Å². The monoisotopic (exact) mass is 276 g/mol. The van der Waals surface area contributed by atoms with Crippen LogP contribution in [0.4, 0.5) is 0 Å². The van der Waals surface area contributed by atoms with E-state index in [1.54, 1.807) is 6.20 Å². The molecule has 5 heteroatoms. The van der Waals surface area contributed by atoms with Gasteiger partial charge in [-0.05, 0) is 24.4 Å². The van der Waals surface area contributed by atoms with Gasteiger partial charge >= 0.3 is 0 Å². The summed E-state index contributed by atoms with van der Waals surface area (Å²) in [6, 6.07) is 11.4. The third-order valence-electron chi connectivity index (χ3n) is 3.80. The van der Waals surface area contributed by atoms with E-state index in [2.05, 4.69) is 9.97 Å². The molecule has 0 aliphatic rings. The number of aryl methyl sites for hydroxylation is 1. The Morgan fingerprint density at radius 2 is 1.86 bits per heavy atom.